The van der Waals surface area contributed by atoms with Gasteiger partial charge in [0, 0.05) is 12.7 Å². The van der Waals surface area contributed by atoms with Crippen LogP contribution in [0.5, 0.6) is 0 Å². The molecule has 0 aliphatic carbocycles. The molecule has 3 heterocycles. The number of aromatic nitrogens is 4. The van der Waals surface area contributed by atoms with Gasteiger partial charge < -0.3 is 9.88 Å². The Hall–Kier alpha value is -2.63. The molecule has 2 aromatic rings. The molecule has 0 radical (unpaired) electrons. The smallest absolute Gasteiger partial charge is 0.362 e. The number of rotatable bonds is 3. The highest BCUT2D eigenvalue weighted by atomic mass is 19.4. The number of halogens is 3. The third kappa shape index (κ3) is 2.97. The largest absolute Gasteiger partial charge is 0.398 e. The second-order valence-corrected chi connectivity index (χ2v) is 5.23. The summed E-state index contributed by atoms with van der Waals surface area (Å²) < 4.78 is 40.6. The Balaban J connectivity index is 1.81. The Kier molecular flexibility index (Phi) is 3.90. The number of pyridine rings is 1. The van der Waals surface area contributed by atoms with Crippen LogP contribution in [0.15, 0.2) is 18.3 Å². The molecule has 120 valence electrons. The van der Waals surface area contributed by atoms with Crippen LogP contribution in [0.25, 0.3) is 0 Å². The molecule has 1 N–H and O–H groups in total. The molecule has 0 aromatic carbocycles. The van der Waals surface area contributed by atoms with Gasteiger partial charge in [-0.2, -0.15) is 18.4 Å². The van der Waals surface area contributed by atoms with E-state index in [0.717, 1.165) is 0 Å². The lowest BCUT2D eigenvalue weighted by Crippen LogP contribution is -2.29. The summed E-state index contributed by atoms with van der Waals surface area (Å²) in [5.41, 5.74) is 0.360. The van der Waals surface area contributed by atoms with Crippen LogP contribution in [0.1, 0.15) is 36.0 Å². The first kappa shape index (κ1) is 15.3. The summed E-state index contributed by atoms with van der Waals surface area (Å²) in [4.78, 5) is 4.04. The Morgan fingerprint density at radius 1 is 1.39 bits per heavy atom. The molecule has 3 rings (SSSR count). The number of nitrogens with zero attached hydrogens (tertiary/aromatic N) is 5. The molecular weight excluding hydrogens is 309 g/mol. The van der Waals surface area contributed by atoms with Gasteiger partial charge in [0.2, 0.25) is 0 Å². The van der Waals surface area contributed by atoms with Gasteiger partial charge >= 0.3 is 6.18 Å². The highest BCUT2D eigenvalue weighted by molar-refractivity contribution is 5.51. The molecule has 2 aromatic heterocycles. The average molecular weight is 322 g/mol. The van der Waals surface area contributed by atoms with Gasteiger partial charge in [0.1, 0.15) is 23.6 Å². The monoisotopic (exact) mass is 322 g/mol. The maximum Gasteiger partial charge on any atom is 0.398 e. The van der Waals surface area contributed by atoms with Crippen molar-refractivity contribution in [3.63, 3.8) is 0 Å². The van der Waals surface area contributed by atoms with E-state index in [0.29, 0.717) is 30.2 Å². The van der Waals surface area contributed by atoms with Crippen LogP contribution in [0, 0.1) is 11.3 Å². The quantitative estimate of drug-likeness (QED) is 0.939. The maximum absolute atomic E-state index is 13.0. The van der Waals surface area contributed by atoms with Crippen molar-refractivity contribution < 1.29 is 13.2 Å². The zero-order valence-corrected chi connectivity index (χ0v) is 12.0. The number of anilines is 1. The van der Waals surface area contributed by atoms with Crippen LogP contribution in [-0.4, -0.2) is 25.9 Å². The minimum atomic E-state index is -4.31. The van der Waals surface area contributed by atoms with Gasteiger partial charge in [0.25, 0.3) is 0 Å². The van der Waals surface area contributed by atoms with Crippen molar-refractivity contribution in [3.05, 3.63) is 35.5 Å². The summed E-state index contributed by atoms with van der Waals surface area (Å²) in [5, 5.41) is 19.5. The summed E-state index contributed by atoms with van der Waals surface area (Å²) in [6.07, 6.45) is -2.32. The zero-order chi connectivity index (χ0) is 16.4. The van der Waals surface area contributed by atoms with Gasteiger partial charge in [0.15, 0.2) is 5.82 Å². The molecule has 0 saturated heterocycles. The van der Waals surface area contributed by atoms with E-state index < -0.39 is 12.1 Å². The molecule has 1 aliphatic heterocycles. The highest BCUT2D eigenvalue weighted by Gasteiger charge is 2.45. The Morgan fingerprint density at radius 3 is 2.96 bits per heavy atom. The fourth-order valence-corrected chi connectivity index (χ4v) is 2.67. The fraction of sp³-hybridized carbons (Fsp3) is 0.429. The van der Waals surface area contributed by atoms with Crippen molar-refractivity contribution >= 4 is 5.82 Å². The lowest BCUT2D eigenvalue weighted by Gasteiger charge is -2.25. The van der Waals surface area contributed by atoms with E-state index in [9.17, 15) is 13.2 Å². The molecule has 23 heavy (non-hydrogen) atoms. The second-order valence-electron chi connectivity index (χ2n) is 5.23. The molecule has 0 amide bonds. The van der Waals surface area contributed by atoms with E-state index >= 15 is 0 Å². The van der Waals surface area contributed by atoms with Crippen LogP contribution in [0.2, 0.25) is 0 Å². The average Bonchev–Trinajstić information content (AvgIpc) is 2.95. The van der Waals surface area contributed by atoms with E-state index in [1.165, 1.54) is 10.8 Å². The first-order chi connectivity index (χ1) is 11.0. The number of nitrogens with one attached hydrogen (secondary N) is 1. The zero-order valence-electron chi connectivity index (χ0n) is 12.0. The summed E-state index contributed by atoms with van der Waals surface area (Å²) in [7, 11) is 0. The van der Waals surface area contributed by atoms with E-state index in [4.69, 9.17) is 5.26 Å². The number of nitriles is 1. The highest BCUT2D eigenvalue weighted by Crippen LogP contribution is 2.40. The Bertz CT molecular complexity index is 746. The van der Waals surface area contributed by atoms with E-state index in [2.05, 4.69) is 20.5 Å². The summed E-state index contributed by atoms with van der Waals surface area (Å²) in [6.45, 7) is 0.614. The number of fused-ring (bicyclic) bond motifs is 1. The SMILES string of the molecule is N#Cc1cccnc1NCc1nnc2n1CCCC2C(F)(F)F. The summed E-state index contributed by atoms with van der Waals surface area (Å²) in [5.74, 6) is -0.830. The predicted octanol–water partition coefficient (Wildman–Crippen LogP) is 2.60. The third-order valence-electron chi connectivity index (χ3n) is 3.78. The van der Waals surface area contributed by atoms with Crippen LogP contribution in [0.4, 0.5) is 19.0 Å². The molecule has 0 fully saturated rings. The summed E-state index contributed by atoms with van der Waals surface area (Å²) >= 11 is 0. The van der Waals surface area contributed by atoms with E-state index in [1.54, 1.807) is 12.1 Å². The summed E-state index contributed by atoms with van der Waals surface area (Å²) in [6, 6.07) is 5.24. The van der Waals surface area contributed by atoms with Gasteiger partial charge in [-0.25, -0.2) is 4.98 Å². The van der Waals surface area contributed by atoms with Gasteiger partial charge in [-0.15, -0.1) is 10.2 Å². The minimum Gasteiger partial charge on any atom is -0.362 e. The molecule has 0 saturated carbocycles. The molecule has 0 bridgehead atoms. The second kappa shape index (κ2) is 5.87. The van der Waals surface area contributed by atoms with Crippen LogP contribution in [-0.2, 0) is 13.1 Å². The lowest BCUT2D eigenvalue weighted by atomic mass is 9.98. The Labute approximate surface area is 130 Å². The fourth-order valence-electron chi connectivity index (χ4n) is 2.67. The van der Waals surface area contributed by atoms with Crippen LogP contribution >= 0.6 is 0 Å². The molecule has 9 heteroatoms. The maximum atomic E-state index is 13.0. The third-order valence-corrected chi connectivity index (χ3v) is 3.78. The Morgan fingerprint density at radius 2 is 2.22 bits per heavy atom. The molecule has 0 spiro atoms. The van der Waals surface area contributed by atoms with Crippen molar-refractivity contribution in [2.75, 3.05) is 5.32 Å². The van der Waals surface area contributed by atoms with Crippen molar-refractivity contribution in [1.29, 1.82) is 5.26 Å². The van der Waals surface area contributed by atoms with Crippen molar-refractivity contribution in [2.24, 2.45) is 0 Å². The lowest BCUT2D eigenvalue weighted by molar-refractivity contribution is -0.156. The number of alkyl halides is 3. The minimum absolute atomic E-state index is 0.0356. The molecule has 6 nitrogen and oxygen atoms in total. The molecule has 1 unspecified atom stereocenters. The van der Waals surface area contributed by atoms with Crippen molar-refractivity contribution in [3.8, 4) is 6.07 Å². The first-order valence-corrected chi connectivity index (χ1v) is 7.08. The topological polar surface area (TPSA) is 79.4 Å². The van der Waals surface area contributed by atoms with E-state index in [-0.39, 0.29) is 18.8 Å². The van der Waals surface area contributed by atoms with Gasteiger partial charge in [-0.05, 0) is 25.0 Å². The number of hydrogen-bond acceptors (Lipinski definition) is 5. The normalized spacial score (nSPS) is 17.4. The molecular formula is C14H13F3N6. The number of hydrogen-bond donors (Lipinski definition) is 1. The van der Waals surface area contributed by atoms with Gasteiger partial charge in [-0.3, -0.25) is 0 Å². The van der Waals surface area contributed by atoms with Gasteiger partial charge in [-0.1, -0.05) is 0 Å². The first-order valence-electron chi connectivity index (χ1n) is 7.08. The molecule has 1 aliphatic rings. The van der Waals surface area contributed by atoms with Gasteiger partial charge in [0.05, 0.1) is 12.1 Å². The van der Waals surface area contributed by atoms with E-state index in [1.807, 2.05) is 6.07 Å². The van der Waals surface area contributed by atoms with Crippen LogP contribution in [0.3, 0.4) is 0 Å². The standard InChI is InChI=1S/C14H13F3N6/c15-14(16,17)10-4-2-6-23-11(21-22-13(10)23)8-20-12-9(7-18)3-1-5-19-12/h1,3,5,10H,2,4,6,8H2,(H,19,20). The van der Waals surface area contributed by atoms with Crippen molar-refractivity contribution in [2.45, 2.75) is 38.0 Å². The van der Waals surface area contributed by atoms with Crippen molar-refractivity contribution in [1.82, 2.24) is 19.7 Å². The van der Waals surface area contributed by atoms with Crippen LogP contribution < -0.4 is 5.32 Å². The molecule has 1 atom stereocenters. The predicted molar refractivity (Wildman–Crippen MR) is 74.3 cm³/mol.